The molecule has 72 valence electrons. The summed E-state index contributed by atoms with van der Waals surface area (Å²) >= 11 is 0. The van der Waals surface area contributed by atoms with Crippen LogP contribution < -0.4 is 11.1 Å². The van der Waals surface area contributed by atoms with E-state index in [4.69, 9.17) is 10.8 Å². The summed E-state index contributed by atoms with van der Waals surface area (Å²) in [6.45, 7) is -0.851. The van der Waals surface area contributed by atoms with E-state index >= 15 is 0 Å². The lowest BCUT2D eigenvalue weighted by atomic mass is 10.3. The molecule has 0 spiro atoms. The van der Waals surface area contributed by atoms with Crippen LogP contribution in [0.4, 0.5) is 13.2 Å². The number of aliphatic hydroxyl groups is 1. The Bertz CT molecular complexity index is 155. The molecular weight excluding hydrogens is 177 g/mol. The zero-order chi connectivity index (χ0) is 9.78. The van der Waals surface area contributed by atoms with Crippen molar-refractivity contribution in [2.45, 2.75) is 12.2 Å². The van der Waals surface area contributed by atoms with Crippen molar-refractivity contribution in [1.29, 1.82) is 0 Å². The predicted octanol–water partition coefficient (Wildman–Crippen LogP) is -1.02. The van der Waals surface area contributed by atoms with Crippen molar-refractivity contribution >= 4 is 5.91 Å². The summed E-state index contributed by atoms with van der Waals surface area (Å²) in [6, 6.07) is -1.04. The lowest BCUT2D eigenvalue weighted by Gasteiger charge is -2.14. The van der Waals surface area contributed by atoms with E-state index in [9.17, 15) is 18.0 Å². The number of rotatable bonds is 3. The first-order valence-corrected chi connectivity index (χ1v) is 3.10. The van der Waals surface area contributed by atoms with Gasteiger partial charge in [-0.15, -0.1) is 0 Å². The lowest BCUT2D eigenvalue weighted by Crippen LogP contribution is -2.48. The summed E-state index contributed by atoms with van der Waals surface area (Å²) < 4.78 is 34.6. The normalized spacial score (nSPS) is 14.1. The molecule has 12 heavy (non-hydrogen) atoms. The van der Waals surface area contributed by atoms with E-state index in [0.29, 0.717) is 0 Å². The van der Waals surface area contributed by atoms with Crippen LogP contribution in [0.5, 0.6) is 0 Å². The van der Waals surface area contributed by atoms with Crippen LogP contribution in [0.1, 0.15) is 0 Å². The number of amides is 1. The van der Waals surface area contributed by atoms with Crippen molar-refractivity contribution in [2.75, 3.05) is 13.2 Å². The summed E-state index contributed by atoms with van der Waals surface area (Å²) in [4.78, 5) is 10.2. The first kappa shape index (κ1) is 11.2. The molecule has 0 aromatic carbocycles. The average molecular weight is 186 g/mol. The minimum Gasteiger partial charge on any atom is -0.394 e. The van der Waals surface area contributed by atoms with Gasteiger partial charge >= 0.3 is 12.1 Å². The number of hydrogen-bond donors (Lipinski definition) is 3. The molecule has 0 saturated carbocycles. The number of halogens is 3. The smallest absolute Gasteiger partial charge is 0.394 e. The van der Waals surface area contributed by atoms with Crippen LogP contribution in [0.25, 0.3) is 0 Å². The molecule has 0 saturated heterocycles. The molecule has 0 aromatic rings. The van der Waals surface area contributed by atoms with E-state index in [1.807, 2.05) is 0 Å². The number of hydrogen-bond acceptors (Lipinski definition) is 3. The molecule has 0 aromatic heterocycles. The molecule has 0 aliphatic rings. The summed E-state index contributed by atoms with van der Waals surface area (Å²) in [6.07, 6.45) is -4.93. The second kappa shape index (κ2) is 4.27. The van der Waals surface area contributed by atoms with Crippen LogP contribution in [-0.4, -0.2) is 36.4 Å². The van der Waals surface area contributed by atoms with Crippen LogP contribution in [0, 0.1) is 0 Å². The highest BCUT2D eigenvalue weighted by Crippen LogP contribution is 2.14. The van der Waals surface area contributed by atoms with Crippen molar-refractivity contribution in [2.24, 2.45) is 5.73 Å². The van der Waals surface area contributed by atoms with Crippen LogP contribution in [0.2, 0.25) is 0 Å². The second-order valence-electron chi connectivity index (χ2n) is 2.09. The van der Waals surface area contributed by atoms with Crippen LogP contribution in [0.3, 0.4) is 0 Å². The van der Waals surface area contributed by atoms with Gasteiger partial charge in [0.25, 0.3) is 0 Å². The largest absolute Gasteiger partial charge is 0.471 e. The summed E-state index contributed by atoms with van der Waals surface area (Å²) in [5, 5.41) is 9.90. The predicted molar refractivity (Wildman–Crippen MR) is 34.1 cm³/mol. The van der Waals surface area contributed by atoms with Gasteiger partial charge in [0.15, 0.2) is 0 Å². The zero-order valence-corrected chi connectivity index (χ0v) is 6.06. The number of nitrogens with two attached hydrogens (primary N) is 1. The van der Waals surface area contributed by atoms with Gasteiger partial charge in [-0.3, -0.25) is 4.79 Å². The van der Waals surface area contributed by atoms with E-state index in [2.05, 4.69) is 0 Å². The van der Waals surface area contributed by atoms with Gasteiger partial charge in [0.1, 0.15) is 0 Å². The first-order chi connectivity index (χ1) is 5.41. The third-order valence-electron chi connectivity index (χ3n) is 1.10. The van der Waals surface area contributed by atoms with Crippen molar-refractivity contribution in [3.05, 3.63) is 0 Å². The highest BCUT2D eigenvalue weighted by atomic mass is 19.4. The fraction of sp³-hybridized carbons (Fsp3) is 0.800. The van der Waals surface area contributed by atoms with E-state index in [1.165, 1.54) is 5.32 Å². The minimum atomic E-state index is -4.93. The summed E-state index contributed by atoms with van der Waals surface area (Å²) in [7, 11) is 0. The maximum absolute atomic E-state index is 11.5. The first-order valence-electron chi connectivity index (χ1n) is 3.10. The van der Waals surface area contributed by atoms with Gasteiger partial charge in [-0.1, -0.05) is 0 Å². The fourth-order valence-electron chi connectivity index (χ4n) is 0.446. The third kappa shape index (κ3) is 3.54. The molecule has 4 nitrogen and oxygen atoms in total. The molecule has 1 unspecified atom stereocenters. The molecule has 0 rings (SSSR count). The minimum absolute atomic E-state index is 0.238. The van der Waals surface area contributed by atoms with Crippen LogP contribution >= 0.6 is 0 Å². The van der Waals surface area contributed by atoms with E-state index in [-0.39, 0.29) is 6.54 Å². The highest BCUT2D eigenvalue weighted by molar-refractivity contribution is 5.81. The average Bonchev–Trinajstić information content (AvgIpc) is 1.97. The van der Waals surface area contributed by atoms with Crippen molar-refractivity contribution in [3.8, 4) is 0 Å². The quantitative estimate of drug-likeness (QED) is 0.528. The Hall–Kier alpha value is -0.820. The molecule has 1 amide bonds. The van der Waals surface area contributed by atoms with Crippen molar-refractivity contribution in [3.63, 3.8) is 0 Å². The Morgan fingerprint density at radius 3 is 2.33 bits per heavy atom. The standard InChI is InChI=1S/C5H9F3N2O2/c6-5(7,8)4(12)10-3(1-9)2-11/h3,11H,1-2,9H2,(H,10,12). The van der Waals surface area contributed by atoms with Crippen molar-refractivity contribution in [1.82, 2.24) is 5.32 Å². The Kier molecular flexibility index (Phi) is 3.98. The number of carbonyl (C=O) groups is 1. The number of aliphatic hydroxyl groups excluding tert-OH is 1. The van der Waals surface area contributed by atoms with Gasteiger partial charge in [0, 0.05) is 6.54 Å². The molecule has 0 aliphatic carbocycles. The van der Waals surface area contributed by atoms with E-state index in [0.717, 1.165) is 0 Å². The second-order valence-corrected chi connectivity index (χ2v) is 2.09. The van der Waals surface area contributed by atoms with Crippen molar-refractivity contribution < 1.29 is 23.1 Å². The Labute approximate surface area is 66.5 Å². The molecule has 0 heterocycles. The van der Waals surface area contributed by atoms with E-state index < -0.39 is 24.7 Å². The van der Waals surface area contributed by atoms with E-state index in [1.54, 1.807) is 0 Å². The number of alkyl halides is 3. The Morgan fingerprint density at radius 1 is 1.58 bits per heavy atom. The monoisotopic (exact) mass is 186 g/mol. The molecular formula is C5H9F3N2O2. The van der Waals surface area contributed by atoms with Crippen LogP contribution in [0.15, 0.2) is 0 Å². The SMILES string of the molecule is NCC(CO)NC(=O)C(F)(F)F. The van der Waals surface area contributed by atoms with Gasteiger partial charge in [0.05, 0.1) is 12.6 Å². The van der Waals surface area contributed by atoms with Gasteiger partial charge in [0.2, 0.25) is 0 Å². The fourth-order valence-corrected chi connectivity index (χ4v) is 0.446. The molecule has 4 N–H and O–H groups in total. The maximum atomic E-state index is 11.5. The Morgan fingerprint density at radius 2 is 2.08 bits per heavy atom. The third-order valence-corrected chi connectivity index (χ3v) is 1.10. The molecule has 0 fully saturated rings. The number of nitrogens with one attached hydrogen (secondary N) is 1. The maximum Gasteiger partial charge on any atom is 0.471 e. The van der Waals surface area contributed by atoms with Gasteiger partial charge < -0.3 is 16.2 Å². The summed E-state index contributed by atoms with van der Waals surface area (Å²) in [5.41, 5.74) is 4.93. The topological polar surface area (TPSA) is 75.3 Å². The molecule has 0 radical (unpaired) electrons. The zero-order valence-electron chi connectivity index (χ0n) is 6.06. The summed E-state index contributed by atoms with van der Waals surface area (Å²) in [5.74, 6) is -2.09. The van der Waals surface area contributed by atoms with Crippen LogP contribution in [-0.2, 0) is 4.79 Å². The Balaban J connectivity index is 3.99. The number of carbonyl (C=O) groups excluding carboxylic acids is 1. The highest BCUT2D eigenvalue weighted by Gasteiger charge is 2.39. The molecule has 1 atom stereocenters. The van der Waals surface area contributed by atoms with Gasteiger partial charge in [-0.2, -0.15) is 13.2 Å². The molecule has 7 heteroatoms. The molecule has 0 bridgehead atoms. The molecule has 0 aliphatic heterocycles. The van der Waals surface area contributed by atoms with Gasteiger partial charge in [-0.05, 0) is 0 Å². The van der Waals surface area contributed by atoms with Gasteiger partial charge in [-0.25, -0.2) is 0 Å². The lowest BCUT2D eigenvalue weighted by molar-refractivity contribution is -0.174.